The normalized spacial score (nSPS) is 15.6. The Morgan fingerprint density at radius 2 is 1.83 bits per heavy atom. The van der Waals surface area contributed by atoms with Crippen LogP contribution in [0.25, 0.3) is 6.08 Å². The SMILES string of the molecule is Cc1cc(/C=C/C#N)cc(C)c1Oc1nc(NC2CCN(c3ccc(N)cc3)CC2)nc2c1COC2. The van der Waals surface area contributed by atoms with Gasteiger partial charge in [-0.25, -0.2) is 4.98 Å². The fraction of sp³-hybridized carbons (Fsp3) is 0.321. The number of fused-ring (bicyclic) bond motifs is 1. The first-order chi connectivity index (χ1) is 17.5. The Balaban J connectivity index is 1.32. The minimum Gasteiger partial charge on any atom is -0.438 e. The minimum absolute atomic E-state index is 0.276. The van der Waals surface area contributed by atoms with E-state index in [2.05, 4.69) is 22.3 Å². The lowest BCUT2D eigenvalue weighted by Gasteiger charge is -2.34. The van der Waals surface area contributed by atoms with Crippen molar-refractivity contribution in [2.45, 2.75) is 45.9 Å². The predicted octanol–water partition coefficient (Wildman–Crippen LogP) is 5.12. The van der Waals surface area contributed by atoms with Gasteiger partial charge in [-0.2, -0.15) is 10.2 Å². The van der Waals surface area contributed by atoms with Crippen LogP contribution in [0.4, 0.5) is 17.3 Å². The molecule has 8 heteroatoms. The number of hydrogen-bond acceptors (Lipinski definition) is 8. The number of anilines is 3. The van der Waals surface area contributed by atoms with Gasteiger partial charge in [-0.3, -0.25) is 0 Å². The van der Waals surface area contributed by atoms with Gasteiger partial charge >= 0.3 is 0 Å². The van der Waals surface area contributed by atoms with E-state index in [9.17, 15) is 0 Å². The van der Waals surface area contributed by atoms with Gasteiger partial charge < -0.3 is 25.4 Å². The highest BCUT2D eigenvalue weighted by molar-refractivity contribution is 5.58. The molecule has 1 fully saturated rings. The van der Waals surface area contributed by atoms with E-state index in [1.807, 2.05) is 44.2 Å². The summed E-state index contributed by atoms with van der Waals surface area (Å²) in [5.41, 5.74) is 12.5. The van der Waals surface area contributed by atoms with Crippen molar-refractivity contribution in [3.05, 3.63) is 70.4 Å². The maximum atomic E-state index is 8.82. The molecule has 3 aromatic rings. The summed E-state index contributed by atoms with van der Waals surface area (Å²) in [4.78, 5) is 11.9. The van der Waals surface area contributed by atoms with Crippen molar-refractivity contribution in [2.75, 3.05) is 29.0 Å². The molecule has 0 unspecified atom stereocenters. The second-order valence-corrected chi connectivity index (χ2v) is 9.32. The molecule has 0 amide bonds. The quantitative estimate of drug-likeness (QED) is 0.368. The number of nitrogens with one attached hydrogen (secondary N) is 1. The zero-order valence-electron chi connectivity index (χ0n) is 20.6. The average Bonchev–Trinajstić information content (AvgIpc) is 3.35. The van der Waals surface area contributed by atoms with Crippen molar-refractivity contribution in [3.8, 4) is 17.7 Å². The molecule has 2 aliphatic heterocycles. The summed E-state index contributed by atoms with van der Waals surface area (Å²) >= 11 is 0. The fourth-order valence-electron chi connectivity index (χ4n) is 4.79. The number of nitriles is 1. The predicted molar refractivity (Wildman–Crippen MR) is 141 cm³/mol. The number of aryl methyl sites for hydroxylation is 2. The highest BCUT2D eigenvalue weighted by Gasteiger charge is 2.25. The summed E-state index contributed by atoms with van der Waals surface area (Å²) in [7, 11) is 0. The van der Waals surface area contributed by atoms with Crippen LogP contribution in [0.15, 0.2) is 42.5 Å². The van der Waals surface area contributed by atoms with Crippen LogP contribution in [0.3, 0.4) is 0 Å². The lowest BCUT2D eigenvalue weighted by atomic mass is 10.0. The number of nitrogen functional groups attached to an aromatic ring is 1. The maximum absolute atomic E-state index is 8.82. The Bertz CT molecular complexity index is 1300. The largest absolute Gasteiger partial charge is 0.438 e. The summed E-state index contributed by atoms with van der Waals surface area (Å²) in [6.45, 7) is 6.78. The molecule has 5 rings (SSSR count). The average molecular weight is 483 g/mol. The number of hydrogen-bond donors (Lipinski definition) is 2. The zero-order valence-corrected chi connectivity index (χ0v) is 20.6. The molecule has 2 aromatic carbocycles. The number of nitrogens with zero attached hydrogens (tertiary/aromatic N) is 4. The molecule has 0 radical (unpaired) electrons. The highest BCUT2D eigenvalue weighted by Crippen LogP contribution is 2.35. The number of rotatable bonds is 6. The lowest BCUT2D eigenvalue weighted by molar-refractivity contribution is 0.132. The number of benzene rings is 2. The van der Waals surface area contributed by atoms with Crippen molar-refractivity contribution in [3.63, 3.8) is 0 Å². The third-order valence-electron chi connectivity index (χ3n) is 6.66. The van der Waals surface area contributed by atoms with Crippen LogP contribution < -0.4 is 20.7 Å². The monoisotopic (exact) mass is 482 g/mol. The number of nitrogens with two attached hydrogens (primary N) is 1. The first kappa shape index (κ1) is 23.6. The molecule has 3 N–H and O–H groups in total. The molecule has 0 saturated carbocycles. The smallest absolute Gasteiger partial charge is 0.230 e. The van der Waals surface area contributed by atoms with Crippen LogP contribution in [-0.4, -0.2) is 29.1 Å². The molecule has 0 bridgehead atoms. The Morgan fingerprint density at radius 3 is 2.53 bits per heavy atom. The van der Waals surface area contributed by atoms with Gasteiger partial charge in [-0.15, -0.1) is 0 Å². The Labute approximate surface area is 211 Å². The number of piperidine rings is 1. The summed E-state index contributed by atoms with van der Waals surface area (Å²) in [5, 5.41) is 12.4. The van der Waals surface area contributed by atoms with E-state index < -0.39 is 0 Å². The second kappa shape index (κ2) is 10.3. The standard InChI is InChI=1S/C28H30N6O2/c1-18-14-20(4-3-11-29)15-19(2)26(18)36-27-24-16-35-17-25(24)32-28(33-27)31-22-9-12-34(13-10-22)23-7-5-21(30)6-8-23/h3-8,14-15,22H,9-10,12-13,16-17,30H2,1-2H3,(H,31,32,33)/b4-3+. The maximum Gasteiger partial charge on any atom is 0.230 e. The van der Waals surface area contributed by atoms with E-state index in [4.69, 9.17) is 30.4 Å². The number of ether oxygens (including phenoxy) is 2. The van der Waals surface area contributed by atoms with Crippen LogP contribution >= 0.6 is 0 Å². The van der Waals surface area contributed by atoms with Gasteiger partial charge in [0.25, 0.3) is 0 Å². The molecule has 184 valence electrons. The van der Waals surface area contributed by atoms with E-state index in [1.165, 1.54) is 11.8 Å². The molecule has 0 aliphatic carbocycles. The summed E-state index contributed by atoms with van der Waals surface area (Å²) < 4.78 is 12.0. The van der Waals surface area contributed by atoms with E-state index in [1.54, 1.807) is 6.08 Å². The summed E-state index contributed by atoms with van der Waals surface area (Å²) in [6, 6.07) is 14.4. The minimum atomic E-state index is 0.276. The van der Waals surface area contributed by atoms with Gasteiger partial charge in [0.1, 0.15) is 5.75 Å². The number of aromatic nitrogens is 2. The van der Waals surface area contributed by atoms with Gasteiger partial charge in [-0.1, -0.05) is 0 Å². The van der Waals surface area contributed by atoms with Crippen molar-refractivity contribution in [2.24, 2.45) is 0 Å². The van der Waals surface area contributed by atoms with Crippen molar-refractivity contribution < 1.29 is 9.47 Å². The first-order valence-electron chi connectivity index (χ1n) is 12.2. The molecule has 36 heavy (non-hydrogen) atoms. The van der Waals surface area contributed by atoms with Crippen LogP contribution in [0.1, 0.15) is 40.8 Å². The molecular weight excluding hydrogens is 452 g/mol. The van der Waals surface area contributed by atoms with Crippen molar-refractivity contribution in [1.29, 1.82) is 5.26 Å². The Kier molecular flexibility index (Phi) is 6.74. The van der Waals surface area contributed by atoms with Crippen LogP contribution in [0.5, 0.6) is 11.6 Å². The van der Waals surface area contributed by atoms with E-state index in [0.717, 1.165) is 65.3 Å². The van der Waals surface area contributed by atoms with Gasteiger partial charge in [0, 0.05) is 36.6 Å². The van der Waals surface area contributed by atoms with Crippen LogP contribution in [0, 0.1) is 25.2 Å². The molecule has 1 saturated heterocycles. The Morgan fingerprint density at radius 1 is 1.11 bits per heavy atom. The molecule has 0 spiro atoms. The van der Waals surface area contributed by atoms with Gasteiger partial charge in [0.05, 0.1) is 30.5 Å². The summed E-state index contributed by atoms with van der Waals surface area (Å²) in [6.07, 6.45) is 5.23. The molecule has 2 aliphatic rings. The Hall–Kier alpha value is -4.09. The van der Waals surface area contributed by atoms with Crippen LogP contribution in [-0.2, 0) is 18.0 Å². The van der Waals surface area contributed by atoms with Gasteiger partial charge in [0.15, 0.2) is 0 Å². The highest BCUT2D eigenvalue weighted by atomic mass is 16.5. The van der Waals surface area contributed by atoms with E-state index in [-0.39, 0.29) is 6.04 Å². The second-order valence-electron chi connectivity index (χ2n) is 9.32. The van der Waals surface area contributed by atoms with Crippen molar-refractivity contribution >= 4 is 23.4 Å². The lowest BCUT2D eigenvalue weighted by Crippen LogP contribution is -2.39. The molecule has 3 heterocycles. The van der Waals surface area contributed by atoms with Gasteiger partial charge in [-0.05, 0) is 85.9 Å². The molecule has 0 atom stereocenters. The zero-order chi connectivity index (χ0) is 25.1. The molecule has 1 aromatic heterocycles. The topological polar surface area (TPSA) is 109 Å². The van der Waals surface area contributed by atoms with Crippen molar-refractivity contribution in [1.82, 2.24) is 9.97 Å². The van der Waals surface area contributed by atoms with E-state index in [0.29, 0.717) is 25.0 Å². The fourth-order valence-corrected chi connectivity index (χ4v) is 4.79. The molecular formula is C28H30N6O2. The van der Waals surface area contributed by atoms with Gasteiger partial charge in [0.2, 0.25) is 11.8 Å². The molecule has 8 nitrogen and oxygen atoms in total. The third-order valence-corrected chi connectivity index (χ3v) is 6.66. The summed E-state index contributed by atoms with van der Waals surface area (Å²) in [5.74, 6) is 1.87. The number of allylic oxidation sites excluding steroid dienone is 1. The van der Waals surface area contributed by atoms with Crippen LogP contribution in [0.2, 0.25) is 0 Å². The third kappa shape index (κ3) is 5.11. The first-order valence-corrected chi connectivity index (χ1v) is 12.2. The van der Waals surface area contributed by atoms with E-state index >= 15 is 0 Å².